The molecule has 0 saturated carbocycles. The number of aromatic nitrogens is 1. The summed E-state index contributed by atoms with van der Waals surface area (Å²) in [4.78, 5) is 16.2. The Morgan fingerprint density at radius 2 is 1.74 bits per heavy atom. The van der Waals surface area contributed by atoms with Crippen LogP contribution in [-0.4, -0.2) is 29.7 Å². The minimum absolute atomic E-state index is 0.377. The van der Waals surface area contributed by atoms with Crippen LogP contribution in [-0.2, 0) is 16.8 Å². The molecule has 6 heteroatoms. The number of fused-ring (bicyclic) bond motifs is 1. The fourth-order valence-electron chi connectivity index (χ4n) is 4.83. The summed E-state index contributed by atoms with van der Waals surface area (Å²) in [6.07, 6.45) is 2.47. The van der Waals surface area contributed by atoms with Crippen molar-refractivity contribution < 1.29 is 19.1 Å². The van der Waals surface area contributed by atoms with Crippen molar-refractivity contribution in [3.8, 4) is 28.3 Å². The van der Waals surface area contributed by atoms with Gasteiger partial charge in [-0.2, -0.15) is 0 Å². The molecule has 0 spiro atoms. The van der Waals surface area contributed by atoms with Crippen molar-refractivity contribution >= 4 is 5.97 Å². The first-order valence-electron chi connectivity index (χ1n) is 11.4. The number of carboxylic acid groups (broad SMARTS) is 1. The number of hydrogen-bond donors (Lipinski definition) is 2. The van der Waals surface area contributed by atoms with E-state index in [1.165, 1.54) is 0 Å². The molecule has 0 saturated heterocycles. The normalized spacial score (nSPS) is 17.2. The summed E-state index contributed by atoms with van der Waals surface area (Å²) in [5, 5.41) is 12.6. The molecule has 1 aromatic heterocycles. The summed E-state index contributed by atoms with van der Waals surface area (Å²) in [5.41, 5.74) is 4.07. The Morgan fingerprint density at radius 1 is 1.03 bits per heavy atom. The molecule has 1 aliphatic rings. The van der Waals surface area contributed by atoms with Gasteiger partial charge in [-0.3, -0.25) is 0 Å². The number of benzene rings is 3. The van der Waals surface area contributed by atoms with Crippen LogP contribution >= 0.6 is 0 Å². The smallest absolute Gasteiger partial charge is 0.341 e. The molecule has 0 radical (unpaired) electrons. The number of nitrogens with one attached hydrogen (secondary N) is 1. The van der Waals surface area contributed by atoms with E-state index in [4.69, 9.17) is 19.2 Å². The van der Waals surface area contributed by atoms with E-state index in [0.29, 0.717) is 11.6 Å². The number of rotatable bonds is 7. The lowest BCUT2D eigenvalue weighted by Gasteiger charge is -2.37. The van der Waals surface area contributed by atoms with Crippen molar-refractivity contribution in [2.24, 2.45) is 0 Å². The van der Waals surface area contributed by atoms with Crippen LogP contribution in [0.4, 0.5) is 0 Å². The van der Waals surface area contributed by atoms with E-state index in [0.717, 1.165) is 53.0 Å². The van der Waals surface area contributed by atoms with Gasteiger partial charge in [0.05, 0.1) is 0 Å². The van der Waals surface area contributed by atoms with Crippen LogP contribution in [0.5, 0.6) is 5.75 Å². The van der Waals surface area contributed by atoms with Gasteiger partial charge < -0.3 is 19.6 Å². The molecule has 0 amide bonds. The van der Waals surface area contributed by atoms with Crippen LogP contribution in [0.2, 0.25) is 0 Å². The third-order valence-corrected chi connectivity index (χ3v) is 6.42. The molecule has 5 rings (SSSR count). The van der Waals surface area contributed by atoms with E-state index >= 15 is 0 Å². The number of carboxylic acids is 1. The summed E-state index contributed by atoms with van der Waals surface area (Å²) in [5.74, 6) is 0.907. The van der Waals surface area contributed by atoms with Gasteiger partial charge in [0.1, 0.15) is 17.0 Å². The maximum absolute atomic E-state index is 11.1. The first kappa shape index (κ1) is 21.9. The molecular formula is C28H26N2O4. The van der Waals surface area contributed by atoms with Gasteiger partial charge in [-0.15, -0.1) is 0 Å². The van der Waals surface area contributed by atoms with Gasteiger partial charge in [0, 0.05) is 11.1 Å². The fourth-order valence-corrected chi connectivity index (χ4v) is 4.83. The highest BCUT2D eigenvalue weighted by Gasteiger charge is 2.43. The molecule has 6 nitrogen and oxygen atoms in total. The Morgan fingerprint density at radius 3 is 2.41 bits per heavy atom. The maximum atomic E-state index is 11.1. The minimum atomic E-state index is -0.999. The standard InChI is InChI=1S/C28H26N2O4/c1-29-28(17-9-14-21-22(28)15-8-16-23(21)33-18-24(31)32)27-30-25(19-10-4-2-5-11-19)26(34-27)20-12-6-3-7-13-20/h2-8,10-13,15-16,29H,9,14,17-18H2,1H3,(H,31,32)/t28-/m0/s1. The SMILES string of the molecule is CN[C@@]1(c2nc(-c3ccccc3)c(-c3ccccc3)o2)CCCc2c(OCC(=O)O)cccc21. The van der Waals surface area contributed by atoms with Gasteiger partial charge in [0.2, 0.25) is 5.89 Å². The molecule has 3 aromatic carbocycles. The lowest BCUT2D eigenvalue weighted by Crippen LogP contribution is -2.44. The van der Waals surface area contributed by atoms with Crippen molar-refractivity contribution in [2.75, 3.05) is 13.7 Å². The van der Waals surface area contributed by atoms with Gasteiger partial charge >= 0.3 is 5.97 Å². The second kappa shape index (κ2) is 9.15. The number of hydrogen-bond acceptors (Lipinski definition) is 5. The fraction of sp³-hybridized carbons (Fsp3) is 0.214. The summed E-state index contributed by atoms with van der Waals surface area (Å²) < 4.78 is 12.2. The Bertz CT molecular complexity index is 1240. The lowest BCUT2D eigenvalue weighted by atomic mass is 9.76. The predicted octanol–water partition coefficient (Wildman–Crippen LogP) is 5.27. The monoisotopic (exact) mass is 454 g/mol. The molecule has 0 aliphatic heterocycles. The number of nitrogens with zero attached hydrogens (tertiary/aromatic N) is 1. The summed E-state index contributed by atoms with van der Waals surface area (Å²) in [6.45, 7) is -0.377. The predicted molar refractivity (Wildman–Crippen MR) is 130 cm³/mol. The number of oxazole rings is 1. The van der Waals surface area contributed by atoms with E-state index in [-0.39, 0.29) is 6.61 Å². The lowest BCUT2D eigenvalue weighted by molar-refractivity contribution is -0.139. The second-order valence-corrected chi connectivity index (χ2v) is 8.40. The van der Waals surface area contributed by atoms with E-state index in [2.05, 4.69) is 5.32 Å². The average molecular weight is 455 g/mol. The van der Waals surface area contributed by atoms with Crippen molar-refractivity contribution in [1.82, 2.24) is 10.3 Å². The van der Waals surface area contributed by atoms with Crippen LogP contribution in [0.3, 0.4) is 0 Å². The molecule has 1 aliphatic carbocycles. The third-order valence-electron chi connectivity index (χ3n) is 6.42. The van der Waals surface area contributed by atoms with Crippen LogP contribution in [0.15, 0.2) is 83.3 Å². The van der Waals surface area contributed by atoms with Gasteiger partial charge in [-0.05, 0) is 43.5 Å². The Hall–Kier alpha value is -3.90. The van der Waals surface area contributed by atoms with Crippen molar-refractivity contribution in [3.63, 3.8) is 0 Å². The third kappa shape index (κ3) is 3.86. The molecule has 1 atom stereocenters. The summed E-state index contributed by atoms with van der Waals surface area (Å²) in [7, 11) is 1.91. The Balaban J connectivity index is 1.68. The minimum Gasteiger partial charge on any atom is -0.482 e. The zero-order valence-electron chi connectivity index (χ0n) is 19.0. The molecule has 4 aromatic rings. The van der Waals surface area contributed by atoms with Gasteiger partial charge in [0.15, 0.2) is 12.4 Å². The molecule has 0 unspecified atom stereocenters. The Kier molecular flexibility index (Phi) is 5.90. The van der Waals surface area contributed by atoms with Crippen LogP contribution in [0.25, 0.3) is 22.6 Å². The van der Waals surface area contributed by atoms with Gasteiger partial charge in [-0.25, -0.2) is 9.78 Å². The number of aliphatic carboxylic acids is 1. The van der Waals surface area contributed by atoms with Crippen molar-refractivity contribution in [2.45, 2.75) is 24.8 Å². The van der Waals surface area contributed by atoms with Gasteiger partial charge in [0.25, 0.3) is 0 Å². The molecule has 1 heterocycles. The second-order valence-electron chi connectivity index (χ2n) is 8.40. The van der Waals surface area contributed by atoms with Crippen molar-refractivity contribution in [3.05, 3.63) is 95.9 Å². The summed E-state index contributed by atoms with van der Waals surface area (Å²) in [6, 6.07) is 25.8. The van der Waals surface area contributed by atoms with Crippen LogP contribution < -0.4 is 10.1 Å². The summed E-state index contributed by atoms with van der Waals surface area (Å²) >= 11 is 0. The molecule has 0 bridgehead atoms. The van der Waals surface area contributed by atoms with Gasteiger partial charge in [-0.1, -0.05) is 72.8 Å². The highest BCUT2D eigenvalue weighted by Crippen LogP contribution is 2.45. The van der Waals surface area contributed by atoms with E-state index in [9.17, 15) is 4.79 Å². The van der Waals surface area contributed by atoms with E-state index in [1.54, 1.807) is 0 Å². The Labute approximate surface area is 198 Å². The average Bonchev–Trinajstić information content (AvgIpc) is 3.34. The van der Waals surface area contributed by atoms with Crippen LogP contribution in [0.1, 0.15) is 29.9 Å². The maximum Gasteiger partial charge on any atom is 0.341 e. The highest BCUT2D eigenvalue weighted by molar-refractivity contribution is 5.77. The number of carbonyl (C=O) groups is 1. The molecule has 2 N–H and O–H groups in total. The molecule has 0 fully saturated rings. The quantitative estimate of drug-likeness (QED) is 0.396. The molecule has 172 valence electrons. The van der Waals surface area contributed by atoms with Crippen LogP contribution in [0, 0.1) is 0 Å². The zero-order chi connectivity index (χ0) is 23.5. The topological polar surface area (TPSA) is 84.6 Å². The molecular weight excluding hydrogens is 428 g/mol. The number of ether oxygens (including phenoxy) is 1. The van der Waals surface area contributed by atoms with E-state index in [1.807, 2.05) is 85.9 Å². The van der Waals surface area contributed by atoms with Crippen molar-refractivity contribution in [1.29, 1.82) is 0 Å². The highest BCUT2D eigenvalue weighted by atomic mass is 16.5. The largest absolute Gasteiger partial charge is 0.482 e. The first-order valence-corrected chi connectivity index (χ1v) is 11.4. The molecule has 34 heavy (non-hydrogen) atoms. The van der Waals surface area contributed by atoms with E-state index < -0.39 is 11.5 Å². The zero-order valence-corrected chi connectivity index (χ0v) is 19.0. The first-order chi connectivity index (χ1) is 16.6.